The Kier molecular flexibility index (Phi) is 5.52. The van der Waals surface area contributed by atoms with Crippen molar-refractivity contribution in [3.8, 4) is 0 Å². The average Bonchev–Trinajstić information content (AvgIpc) is 1.99. The zero-order valence-electron chi connectivity index (χ0n) is 6.53. The predicted molar refractivity (Wildman–Crippen MR) is 35.4 cm³/mol. The molecule has 0 rings (SSSR count). The molecule has 0 aliphatic heterocycles. The van der Waals surface area contributed by atoms with E-state index >= 15 is 0 Å². The number of hydrogen-bond acceptors (Lipinski definition) is 4. The maximum atomic E-state index is 8.91. The summed E-state index contributed by atoms with van der Waals surface area (Å²) >= 11 is 0. The van der Waals surface area contributed by atoms with Crippen molar-refractivity contribution in [3.05, 3.63) is 0 Å². The van der Waals surface area contributed by atoms with Gasteiger partial charge < -0.3 is 19.3 Å². The molecule has 0 radical (unpaired) electrons. The molecule has 0 saturated carbocycles. The lowest BCUT2D eigenvalue weighted by Gasteiger charge is -2.15. The third-order valence-corrected chi connectivity index (χ3v) is 1.19. The molecule has 0 spiro atoms. The third kappa shape index (κ3) is 3.79. The molecule has 10 heavy (non-hydrogen) atoms. The van der Waals surface area contributed by atoms with Crippen LogP contribution in [0, 0.1) is 0 Å². The lowest BCUT2D eigenvalue weighted by molar-refractivity contribution is -0.168. The Labute approximate surface area is 60.7 Å². The second-order valence-electron chi connectivity index (χ2n) is 1.83. The number of rotatable bonds is 5. The van der Waals surface area contributed by atoms with Gasteiger partial charge in [-0.25, -0.2) is 0 Å². The Morgan fingerprint density at radius 3 is 1.90 bits per heavy atom. The topological polar surface area (TPSA) is 47.9 Å². The second kappa shape index (κ2) is 5.61. The fourth-order valence-corrected chi connectivity index (χ4v) is 0.550. The molecule has 4 heteroatoms. The van der Waals surface area contributed by atoms with Crippen molar-refractivity contribution in [1.82, 2.24) is 0 Å². The van der Waals surface area contributed by atoms with Crippen LogP contribution in [-0.4, -0.2) is 39.0 Å². The van der Waals surface area contributed by atoms with Crippen LogP contribution in [0.25, 0.3) is 0 Å². The van der Waals surface area contributed by atoms with Gasteiger partial charge in [-0.2, -0.15) is 0 Å². The molecule has 0 heterocycles. The van der Waals surface area contributed by atoms with E-state index in [4.69, 9.17) is 14.6 Å². The minimum Gasteiger partial charge on any atom is -0.368 e. The maximum absolute atomic E-state index is 8.91. The molecular weight excluding hydrogens is 136 g/mol. The van der Waals surface area contributed by atoms with Crippen LogP contribution >= 0.6 is 0 Å². The van der Waals surface area contributed by atoms with Gasteiger partial charge in [0.15, 0.2) is 12.6 Å². The first-order chi connectivity index (χ1) is 4.74. The quantitative estimate of drug-likeness (QED) is 0.559. The molecule has 1 N–H and O–H groups in total. The molecule has 0 aromatic carbocycles. The smallest absolute Gasteiger partial charge is 0.161 e. The fraction of sp³-hybridized carbons (Fsp3) is 1.00. The molecule has 0 bridgehead atoms. The molecule has 0 amide bonds. The van der Waals surface area contributed by atoms with Crippen molar-refractivity contribution in [2.45, 2.75) is 19.0 Å². The largest absolute Gasteiger partial charge is 0.368 e. The number of hydrogen-bond donors (Lipinski definition) is 1. The van der Waals surface area contributed by atoms with Gasteiger partial charge in [-0.05, 0) is 0 Å². The van der Waals surface area contributed by atoms with E-state index in [1.54, 1.807) is 0 Å². The van der Waals surface area contributed by atoms with E-state index in [1.807, 2.05) is 0 Å². The highest BCUT2D eigenvalue weighted by Gasteiger charge is 2.11. The first-order valence-electron chi connectivity index (χ1n) is 3.01. The Hall–Kier alpha value is -0.160. The van der Waals surface area contributed by atoms with Gasteiger partial charge in [0.05, 0.1) is 0 Å². The molecule has 0 aliphatic rings. The zero-order chi connectivity index (χ0) is 7.98. The van der Waals surface area contributed by atoms with Gasteiger partial charge in [-0.1, -0.05) is 0 Å². The number of methoxy groups -OCH3 is 3. The summed E-state index contributed by atoms with van der Waals surface area (Å²) in [5, 5.41) is 8.91. The van der Waals surface area contributed by atoms with E-state index in [0.29, 0.717) is 6.42 Å². The Balaban J connectivity index is 3.41. The highest BCUT2D eigenvalue weighted by molar-refractivity contribution is 4.45. The predicted octanol–water partition coefficient (Wildman–Crippen LogP) is -0.0398. The summed E-state index contributed by atoms with van der Waals surface area (Å²) in [6, 6.07) is 0. The van der Waals surface area contributed by atoms with Crippen LogP contribution in [-0.2, 0) is 14.2 Å². The molecule has 0 fully saturated rings. The van der Waals surface area contributed by atoms with E-state index in [0.717, 1.165) is 0 Å². The van der Waals surface area contributed by atoms with Crippen LogP contribution in [0.15, 0.2) is 0 Å². The SMILES string of the molecule is COC(O)CC(OC)OC. The van der Waals surface area contributed by atoms with Crippen molar-refractivity contribution >= 4 is 0 Å². The number of aliphatic hydroxyl groups excluding tert-OH is 1. The van der Waals surface area contributed by atoms with Gasteiger partial charge in [0.1, 0.15) is 0 Å². The Morgan fingerprint density at radius 2 is 1.60 bits per heavy atom. The zero-order valence-corrected chi connectivity index (χ0v) is 6.53. The van der Waals surface area contributed by atoms with Crippen molar-refractivity contribution in [2.75, 3.05) is 21.3 Å². The van der Waals surface area contributed by atoms with Gasteiger partial charge >= 0.3 is 0 Å². The van der Waals surface area contributed by atoms with Crippen LogP contribution in [0.4, 0.5) is 0 Å². The summed E-state index contributed by atoms with van der Waals surface area (Å²) in [4.78, 5) is 0. The first kappa shape index (κ1) is 9.84. The van der Waals surface area contributed by atoms with Gasteiger partial charge in [0, 0.05) is 27.8 Å². The van der Waals surface area contributed by atoms with E-state index in [9.17, 15) is 0 Å². The first-order valence-corrected chi connectivity index (χ1v) is 3.01. The van der Waals surface area contributed by atoms with Gasteiger partial charge in [-0.3, -0.25) is 0 Å². The van der Waals surface area contributed by atoms with Crippen LogP contribution in [0.2, 0.25) is 0 Å². The summed E-state index contributed by atoms with van der Waals surface area (Å²) < 4.78 is 14.2. The normalized spacial score (nSPS) is 14.1. The molecule has 62 valence electrons. The molecule has 1 atom stereocenters. The molecule has 1 unspecified atom stereocenters. The van der Waals surface area contributed by atoms with Crippen molar-refractivity contribution in [3.63, 3.8) is 0 Å². The standard InChI is InChI=1S/C6H14O4/c1-8-5(7)4-6(9-2)10-3/h5-7H,4H2,1-3H3. The van der Waals surface area contributed by atoms with E-state index in [-0.39, 0.29) is 0 Å². The Morgan fingerprint density at radius 1 is 1.10 bits per heavy atom. The molecule has 0 aromatic rings. The molecule has 0 aliphatic carbocycles. The van der Waals surface area contributed by atoms with Crippen LogP contribution in [0.5, 0.6) is 0 Å². The molecule has 0 saturated heterocycles. The van der Waals surface area contributed by atoms with Gasteiger partial charge in [0.25, 0.3) is 0 Å². The van der Waals surface area contributed by atoms with Gasteiger partial charge in [-0.15, -0.1) is 0 Å². The number of aliphatic hydroxyl groups is 1. The van der Waals surface area contributed by atoms with Crippen molar-refractivity contribution in [1.29, 1.82) is 0 Å². The van der Waals surface area contributed by atoms with Crippen molar-refractivity contribution in [2.24, 2.45) is 0 Å². The molecular formula is C6H14O4. The molecule has 0 aromatic heterocycles. The van der Waals surface area contributed by atoms with Crippen LogP contribution < -0.4 is 0 Å². The average molecular weight is 150 g/mol. The Bertz CT molecular complexity index is 72.1. The van der Waals surface area contributed by atoms with Crippen LogP contribution in [0.1, 0.15) is 6.42 Å². The van der Waals surface area contributed by atoms with E-state index < -0.39 is 12.6 Å². The maximum Gasteiger partial charge on any atom is 0.161 e. The van der Waals surface area contributed by atoms with E-state index in [1.165, 1.54) is 21.3 Å². The fourth-order valence-electron chi connectivity index (χ4n) is 0.550. The minimum atomic E-state index is -0.815. The third-order valence-electron chi connectivity index (χ3n) is 1.19. The molecule has 4 nitrogen and oxygen atoms in total. The summed E-state index contributed by atoms with van der Waals surface area (Å²) in [5.74, 6) is 0. The lowest BCUT2D eigenvalue weighted by atomic mass is 10.4. The number of ether oxygens (including phenoxy) is 3. The van der Waals surface area contributed by atoms with E-state index in [2.05, 4.69) is 4.74 Å². The lowest BCUT2D eigenvalue weighted by Crippen LogP contribution is -2.22. The monoisotopic (exact) mass is 150 g/mol. The summed E-state index contributed by atoms with van der Waals surface area (Å²) in [6.07, 6.45) is -0.886. The second-order valence-corrected chi connectivity index (χ2v) is 1.83. The highest BCUT2D eigenvalue weighted by Crippen LogP contribution is 2.02. The highest BCUT2D eigenvalue weighted by atomic mass is 16.7. The summed E-state index contributed by atoms with van der Waals surface area (Å²) in [7, 11) is 4.44. The summed E-state index contributed by atoms with van der Waals surface area (Å²) in [5.41, 5.74) is 0. The summed E-state index contributed by atoms with van der Waals surface area (Å²) in [6.45, 7) is 0. The van der Waals surface area contributed by atoms with Gasteiger partial charge in [0.2, 0.25) is 0 Å². The minimum absolute atomic E-state index is 0.323. The van der Waals surface area contributed by atoms with Crippen LogP contribution in [0.3, 0.4) is 0 Å². The van der Waals surface area contributed by atoms with Crippen molar-refractivity contribution < 1.29 is 19.3 Å².